The first-order chi connectivity index (χ1) is 8.50. The van der Waals surface area contributed by atoms with Crippen LogP contribution in [0.3, 0.4) is 0 Å². The number of hydrogen-bond acceptors (Lipinski definition) is 4. The van der Waals surface area contributed by atoms with Gasteiger partial charge in [0.05, 0.1) is 12.7 Å². The third-order valence-corrected chi connectivity index (χ3v) is 2.01. The second-order valence-electron chi connectivity index (χ2n) is 3.41. The summed E-state index contributed by atoms with van der Waals surface area (Å²) in [5.41, 5.74) is 0.956. The molecule has 2 aromatic rings. The van der Waals surface area contributed by atoms with Crippen molar-refractivity contribution in [2.75, 3.05) is 0 Å². The molecule has 0 aliphatic carbocycles. The number of aliphatic carboxylic acids is 2. The second-order valence-corrected chi connectivity index (χ2v) is 3.41. The molecule has 0 amide bonds. The van der Waals surface area contributed by atoms with Gasteiger partial charge in [0.15, 0.2) is 6.10 Å². The van der Waals surface area contributed by atoms with Gasteiger partial charge in [0.1, 0.15) is 5.58 Å². The first kappa shape index (κ1) is 13.7. The Kier molecular flexibility index (Phi) is 4.89. The number of para-hydroxylation sites is 1. The van der Waals surface area contributed by atoms with Gasteiger partial charge in [-0.15, -0.1) is 0 Å². The van der Waals surface area contributed by atoms with Gasteiger partial charge in [-0.05, 0) is 12.1 Å². The van der Waals surface area contributed by atoms with Gasteiger partial charge >= 0.3 is 11.9 Å². The summed E-state index contributed by atoms with van der Waals surface area (Å²) in [5.74, 6) is -2.85. The van der Waals surface area contributed by atoms with E-state index in [1.165, 1.54) is 0 Å². The molecule has 1 atom stereocenters. The zero-order valence-electron chi connectivity index (χ0n) is 9.31. The van der Waals surface area contributed by atoms with E-state index >= 15 is 0 Å². The molecule has 0 bridgehead atoms. The summed E-state index contributed by atoms with van der Waals surface area (Å²) in [7, 11) is 0. The molecule has 1 aromatic heterocycles. The number of aliphatic hydroxyl groups excluding tert-OH is 1. The van der Waals surface area contributed by atoms with Crippen LogP contribution in [-0.2, 0) is 9.59 Å². The maximum Gasteiger partial charge on any atom is 0.333 e. The summed E-state index contributed by atoms with van der Waals surface area (Å²) in [6.07, 6.45) is -0.845. The first-order valence-electron chi connectivity index (χ1n) is 5.05. The lowest BCUT2D eigenvalue weighted by atomic mass is 10.3. The van der Waals surface area contributed by atoms with E-state index in [-0.39, 0.29) is 0 Å². The van der Waals surface area contributed by atoms with Crippen molar-refractivity contribution in [3.8, 4) is 0 Å². The molecule has 6 heteroatoms. The number of carboxylic acids is 2. The molecule has 6 nitrogen and oxygen atoms in total. The Hall–Kier alpha value is -2.34. The summed E-state index contributed by atoms with van der Waals surface area (Å²) in [4.78, 5) is 19.4. The Morgan fingerprint density at radius 2 is 1.83 bits per heavy atom. The number of furan rings is 1. The fraction of sp³-hybridized carbons (Fsp3) is 0.167. The zero-order chi connectivity index (χ0) is 13.5. The van der Waals surface area contributed by atoms with Crippen LogP contribution in [0.2, 0.25) is 0 Å². The lowest BCUT2D eigenvalue weighted by molar-refractivity contribution is -0.152. The number of aliphatic hydroxyl groups is 1. The van der Waals surface area contributed by atoms with Crippen LogP contribution in [0.1, 0.15) is 6.42 Å². The highest BCUT2D eigenvalue weighted by atomic mass is 16.4. The van der Waals surface area contributed by atoms with Gasteiger partial charge in [-0.2, -0.15) is 0 Å². The van der Waals surface area contributed by atoms with Crippen molar-refractivity contribution in [3.63, 3.8) is 0 Å². The minimum atomic E-state index is -1.79. The molecular formula is C12H12O6. The van der Waals surface area contributed by atoms with Crippen molar-refractivity contribution < 1.29 is 29.3 Å². The number of fused-ring (bicyclic) bond motifs is 1. The molecule has 0 spiro atoms. The van der Waals surface area contributed by atoms with Crippen molar-refractivity contribution in [3.05, 3.63) is 36.6 Å². The molecule has 1 aromatic carbocycles. The lowest BCUT2D eigenvalue weighted by Crippen LogP contribution is -2.22. The highest BCUT2D eigenvalue weighted by Gasteiger charge is 2.16. The van der Waals surface area contributed by atoms with Crippen molar-refractivity contribution in [1.29, 1.82) is 0 Å². The van der Waals surface area contributed by atoms with Crippen LogP contribution < -0.4 is 0 Å². The number of carbonyl (C=O) groups is 2. The van der Waals surface area contributed by atoms with Crippen molar-refractivity contribution in [2.45, 2.75) is 12.5 Å². The van der Waals surface area contributed by atoms with Gasteiger partial charge in [0.2, 0.25) is 0 Å². The van der Waals surface area contributed by atoms with Crippen molar-refractivity contribution in [1.82, 2.24) is 0 Å². The van der Waals surface area contributed by atoms with Crippen LogP contribution in [-0.4, -0.2) is 33.4 Å². The van der Waals surface area contributed by atoms with Crippen LogP contribution in [0, 0.1) is 0 Å². The van der Waals surface area contributed by atoms with Gasteiger partial charge in [-0.3, -0.25) is 4.79 Å². The molecule has 0 aliphatic rings. The maximum absolute atomic E-state index is 9.72. The fourth-order valence-electron chi connectivity index (χ4n) is 1.16. The maximum atomic E-state index is 9.72. The van der Waals surface area contributed by atoms with Crippen LogP contribution in [0.15, 0.2) is 41.0 Å². The molecule has 0 radical (unpaired) electrons. The quantitative estimate of drug-likeness (QED) is 0.760. The Bertz CT molecular complexity index is 500. The lowest BCUT2D eigenvalue weighted by Gasteiger charge is -1.97. The van der Waals surface area contributed by atoms with Gasteiger partial charge < -0.3 is 19.7 Å². The van der Waals surface area contributed by atoms with Gasteiger partial charge in [0, 0.05) is 5.39 Å². The zero-order valence-corrected chi connectivity index (χ0v) is 9.31. The molecule has 0 saturated carbocycles. The largest absolute Gasteiger partial charge is 0.481 e. The van der Waals surface area contributed by atoms with Crippen molar-refractivity contribution >= 4 is 22.9 Å². The van der Waals surface area contributed by atoms with Crippen LogP contribution >= 0.6 is 0 Å². The summed E-state index contributed by atoms with van der Waals surface area (Å²) in [6, 6.07) is 9.90. The van der Waals surface area contributed by atoms with Gasteiger partial charge in [-0.25, -0.2) is 4.79 Å². The fourth-order valence-corrected chi connectivity index (χ4v) is 1.16. The molecule has 1 unspecified atom stereocenters. The van der Waals surface area contributed by atoms with E-state index in [2.05, 4.69) is 0 Å². The molecule has 18 heavy (non-hydrogen) atoms. The monoisotopic (exact) mass is 252 g/mol. The number of rotatable bonds is 3. The third kappa shape index (κ3) is 4.26. The van der Waals surface area contributed by atoms with E-state index < -0.39 is 24.5 Å². The third-order valence-electron chi connectivity index (χ3n) is 2.01. The molecule has 0 aliphatic heterocycles. The van der Waals surface area contributed by atoms with E-state index in [0.29, 0.717) is 0 Å². The molecule has 2 rings (SSSR count). The Balaban J connectivity index is 0.000000180. The molecule has 96 valence electrons. The van der Waals surface area contributed by atoms with E-state index in [1.807, 2.05) is 30.3 Å². The molecule has 1 heterocycles. The Morgan fingerprint density at radius 1 is 1.17 bits per heavy atom. The Labute approximate surface area is 102 Å². The van der Waals surface area contributed by atoms with Crippen LogP contribution in [0.5, 0.6) is 0 Å². The molecule has 0 fully saturated rings. The number of benzene rings is 1. The smallest absolute Gasteiger partial charge is 0.333 e. The standard InChI is InChI=1S/C8H6O.C4H6O5/c1-2-4-8-7(3-1)5-6-9-8;5-2(4(8)9)1-3(6)7/h1-6H;2,5H,1H2,(H,6,7)(H,8,9). The topological polar surface area (TPSA) is 108 Å². The average Bonchev–Trinajstić information content (AvgIpc) is 2.76. The highest BCUT2D eigenvalue weighted by molar-refractivity contribution is 5.79. The summed E-state index contributed by atoms with van der Waals surface area (Å²) >= 11 is 0. The number of carboxylic acid groups (broad SMARTS) is 2. The van der Waals surface area contributed by atoms with Gasteiger partial charge in [-0.1, -0.05) is 18.2 Å². The van der Waals surface area contributed by atoms with E-state index in [1.54, 1.807) is 6.26 Å². The number of hydrogen-bond donors (Lipinski definition) is 3. The molecular weight excluding hydrogens is 240 g/mol. The SMILES string of the molecule is O=C(O)CC(O)C(=O)O.c1ccc2occc2c1. The highest BCUT2D eigenvalue weighted by Crippen LogP contribution is 2.12. The van der Waals surface area contributed by atoms with E-state index in [4.69, 9.17) is 19.7 Å². The average molecular weight is 252 g/mol. The predicted molar refractivity (Wildman–Crippen MR) is 62.1 cm³/mol. The first-order valence-corrected chi connectivity index (χ1v) is 5.05. The molecule has 0 saturated heterocycles. The van der Waals surface area contributed by atoms with Crippen molar-refractivity contribution in [2.24, 2.45) is 0 Å². The Morgan fingerprint density at radius 3 is 2.33 bits per heavy atom. The predicted octanol–water partition coefficient (Wildman–Crippen LogP) is 1.34. The molecule has 3 N–H and O–H groups in total. The van der Waals surface area contributed by atoms with Gasteiger partial charge in [0.25, 0.3) is 0 Å². The normalized spacial score (nSPS) is 11.4. The minimum absolute atomic E-state index is 0.755. The van der Waals surface area contributed by atoms with Crippen LogP contribution in [0.4, 0.5) is 0 Å². The minimum Gasteiger partial charge on any atom is -0.481 e. The summed E-state index contributed by atoms with van der Waals surface area (Å²) in [6.45, 7) is 0. The second kappa shape index (κ2) is 6.41. The van der Waals surface area contributed by atoms with Crippen LogP contribution in [0.25, 0.3) is 11.0 Å². The van der Waals surface area contributed by atoms with E-state index in [0.717, 1.165) is 11.0 Å². The van der Waals surface area contributed by atoms with E-state index in [9.17, 15) is 9.59 Å². The summed E-state index contributed by atoms with van der Waals surface area (Å²) < 4.78 is 5.12. The summed E-state index contributed by atoms with van der Waals surface area (Å²) in [5, 5.41) is 25.3.